The van der Waals surface area contributed by atoms with Gasteiger partial charge in [-0.25, -0.2) is 4.79 Å². The van der Waals surface area contributed by atoms with E-state index in [0.717, 1.165) is 0 Å². The van der Waals surface area contributed by atoms with Gasteiger partial charge >= 0.3 is 13.1 Å². The summed E-state index contributed by atoms with van der Waals surface area (Å²) in [6, 6.07) is 6.65. The van der Waals surface area contributed by atoms with Gasteiger partial charge in [-0.15, -0.1) is 0 Å². The molecule has 1 aromatic rings. The van der Waals surface area contributed by atoms with E-state index in [1.807, 2.05) is 27.7 Å². The van der Waals surface area contributed by atoms with Crippen LogP contribution >= 0.6 is 0 Å². The summed E-state index contributed by atoms with van der Waals surface area (Å²) in [5, 5.41) is 0. The molecule has 1 aromatic carbocycles. The number of hydrogen-bond donors (Lipinski definition) is 0. The highest BCUT2D eigenvalue weighted by Crippen LogP contribution is 2.36. The van der Waals surface area contributed by atoms with Crippen molar-refractivity contribution >= 4 is 24.3 Å². The Morgan fingerprint density at radius 2 is 1.67 bits per heavy atom. The van der Waals surface area contributed by atoms with Crippen molar-refractivity contribution in [3.8, 4) is 0 Å². The number of hydrogen-bond acceptors (Lipinski definition) is 5. The van der Waals surface area contributed by atoms with E-state index < -0.39 is 30.1 Å². The molecule has 0 spiro atoms. The number of ketones is 1. The fourth-order valence-electron chi connectivity index (χ4n) is 2.02. The van der Waals surface area contributed by atoms with Crippen molar-refractivity contribution in [3.63, 3.8) is 0 Å². The minimum atomic E-state index is -0.888. The van der Waals surface area contributed by atoms with Crippen LogP contribution in [0.25, 0.3) is 0 Å². The summed E-state index contributed by atoms with van der Waals surface area (Å²) in [5.41, 5.74) is 0.0394. The van der Waals surface area contributed by atoms with E-state index in [4.69, 9.17) is 9.31 Å². The molecule has 1 aliphatic rings. The van der Waals surface area contributed by atoms with Crippen molar-refractivity contribution in [2.24, 2.45) is 0 Å². The van der Waals surface area contributed by atoms with Crippen LogP contribution in [-0.4, -0.2) is 37.2 Å². The van der Waals surface area contributed by atoms with Gasteiger partial charge in [0, 0.05) is 5.56 Å². The lowest BCUT2D eigenvalue weighted by Crippen LogP contribution is -2.41. The standard InChI is InChI=1S/C15H19BO5/c1-14(2)15(3,4)21-16(20-14)11-8-6-7-10(9-11)12(17)13(18)19-5/h6-9H,1-5H3. The smallest absolute Gasteiger partial charge is 0.463 e. The van der Waals surface area contributed by atoms with Crippen LogP contribution in [0.3, 0.4) is 0 Å². The number of methoxy groups -OCH3 is 1. The Bertz CT molecular complexity index is 563. The maximum absolute atomic E-state index is 11.8. The average molecular weight is 290 g/mol. The van der Waals surface area contributed by atoms with Gasteiger partial charge in [0.05, 0.1) is 18.3 Å². The lowest BCUT2D eigenvalue weighted by molar-refractivity contribution is -0.135. The summed E-state index contributed by atoms with van der Waals surface area (Å²) in [7, 11) is 0.610. The van der Waals surface area contributed by atoms with Crippen LogP contribution in [0.1, 0.15) is 38.1 Å². The molecular weight excluding hydrogens is 271 g/mol. The Morgan fingerprint density at radius 1 is 1.10 bits per heavy atom. The zero-order valence-electron chi connectivity index (χ0n) is 12.9. The summed E-state index contributed by atoms with van der Waals surface area (Å²) in [6.45, 7) is 7.82. The molecule has 112 valence electrons. The molecule has 0 amide bonds. The van der Waals surface area contributed by atoms with E-state index in [2.05, 4.69) is 4.74 Å². The van der Waals surface area contributed by atoms with E-state index in [1.54, 1.807) is 24.3 Å². The first-order valence-corrected chi connectivity index (χ1v) is 6.76. The molecule has 0 saturated carbocycles. The molecule has 5 nitrogen and oxygen atoms in total. The summed E-state index contributed by atoms with van der Waals surface area (Å²) in [6.07, 6.45) is 0. The minimum Gasteiger partial charge on any atom is -0.463 e. The van der Waals surface area contributed by atoms with Crippen LogP contribution in [-0.2, 0) is 18.8 Å². The zero-order valence-corrected chi connectivity index (χ0v) is 12.9. The first-order chi connectivity index (χ1) is 9.68. The molecule has 0 radical (unpaired) electrons. The fraction of sp³-hybridized carbons (Fsp3) is 0.467. The van der Waals surface area contributed by atoms with E-state index in [0.29, 0.717) is 5.46 Å². The minimum absolute atomic E-state index is 0.258. The van der Waals surface area contributed by atoms with Crippen molar-refractivity contribution in [1.82, 2.24) is 0 Å². The molecule has 1 fully saturated rings. The molecule has 6 heteroatoms. The van der Waals surface area contributed by atoms with E-state index in [1.165, 1.54) is 7.11 Å². The molecule has 1 aliphatic heterocycles. The molecule has 21 heavy (non-hydrogen) atoms. The third-order valence-electron chi connectivity index (χ3n) is 4.05. The number of carbonyl (C=O) groups excluding carboxylic acids is 2. The van der Waals surface area contributed by atoms with E-state index in [-0.39, 0.29) is 5.56 Å². The molecule has 1 heterocycles. The molecule has 0 unspecified atom stereocenters. The number of carbonyl (C=O) groups is 2. The molecule has 0 bridgehead atoms. The monoisotopic (exact) mass is 290 g/mol. The quantitative estimate of drug-likeness (QED) is 0.364. The van der Waals surface area contributed by atoms with Crippen LogP contribution in [0.15, 0.2) is 24.3 Å². The van der Waals surface area contributed by atoms with Gasteiger partial charge in [0.2, 0.25) is 0 Å². The van der Waals surface area contributed by atoms with Crippen LogP contribution < -0.4 is 5.46 Å². The van der Waals surface area contributed by atoms with Crippen LogP contribution in [0, 0.1) is 0 Å². The number of Topliss-reactive ketones (excluding diaryl/α,β-unsaturated/α-hetero) is 1. The second kappa shape index (κ2) is 5.28. The molecular formula is C15H19BO5. The average Bonchev–Trinajstić information content (AvgIpc) is 2.66. The fourth-order valence-corrected chi connectivity index (χ4v) is 2.02. The highest BCUT2D eigenvalue weighted by molar-refractivity contribution is 6.62. The number of ether oxygens (including phenoxy) is 1. The van der Waals surface area contributed by atoms with Gasteiger partial charge in [0.15, 0.2) is 0 Å². The molecule has 0 aliphatic carbocycles. The van der Waals surface area contributed by atoms with Crippen molar-refractivity contribution < 1.29 is 23.6 Å². The van der Waals surface area contributed by atoms with Gasteiger partial charge in [-0.3, -0.25) is 4.79 Å². The maximum Gasteiger partial charge on any atom is 0.494 e. The molecule has 2 rings (SSSR count). The van der Waals surface area contributed by atoms with Gasteiger partial charge in [0.1, 0.15) is 0 Å². The zero-order chi connectivity index (χ0) is 15.8. The largest absolute Gasteiger partial charge is 0.494 e. The Morgan fingerprint density at radius 3 is 2.19 bits per heavy atom. The Balaban J connectivity index is 2.28. The van der Waals surface area contributed by atoms with Gasteiger partial charge < -0.3 is 14.0 Å². The predicted molar refractivity (Wildman–Crippen MR) is 78.5 cm³/mol. The number of benzene rings is 1. The summed E-state index contributed by atoms with van der Waals surface area (Å²) >= 11 is 0. The molecule has 0 N–H and O–H groups in total. The first kappa shape index (κ1) is 15.7. The van der Waals surface area contributed by atoms with Gasteiger partial charge in [-0.05, 0) is 33.2 Å². The van der Waals surface area contributed by atoms with Crippen LogP contribution in [0.5, 0.6) is 0 Å². The highest BCUT2D eigenvalue weighted by Gasteiger charge is 2.51. The van der Waals surface area contributed by atoms with Crippen LogP contribution in [0.2, 0.25) is 0 Å². The van der Waals surface area contributed by atoms with Crippen molar-refractivity contribution in [1.29, 1.82) is 0 Å². The van der Waals surface area contributed by atoms with Crippen molar-refractivity contribution in [3.05, 3.63) is 29.8 Å². The van der Waals surface area contributed by atoms with E-state index in [9.17, 15) is 9.59 Å². The van der Waals surface area contributed by atoms with Gasteiger partial charge in [-0.1, -0.05) is 24.3 Å². The number of rotatable bonds is 3. The second-order valence-corrected chi connectivity index (χ2v) is 6.03. The topological polar surface area (TPSA) is 61.8 Å². The van der Waals surface area contributed by atoms with Crippen molar-refractivity contribution in [2.45, 2.75) is 38.9 Å². The maximum atomic E-state index is 11.8. The SMILES string of the molecule is COC(=O)C(=O)c1cccc(B2OC(C)(C)C(C)(C)O2)c1. The van der Waals surface area contributed by atoms with Crippen molar-refractivity contribution in [2.75, 3.05) is 7.11 Å². The Labute approximate surface area is 124 Å². The highest BCUT2D eigenvalue weighted by atomic mass is 16.7. The molecule has 0 aromatic heterocycles. The van der Waals surface area contributed by atoms with E-state index >= 15 is 0 Å². The lowest BCUT2D eigenvalue weighted by atomic mass is 9.78. The Kier molecular flexibility index (Phi) is 3.95. The molecule has 0 atom stereocenters. The Hall–Kier alpha value is -1.66. The van der Waals surface area contributed by atoms with Gasteiger partial charge in [0.25, 0.3) is 5.78 Å². The number of esters is 1. The molecule has 1 saturated heterocycles. The van der Waals surface area contributed by atoms with Gasteiger partial charge in [-0.2, -0.15) is 0 Å². The third kappa shape index (κ3) is 2.87. The summed E-state index contributed by atoms with van der Waals surface area (Å²) in [4.78, 5) is 23.2. The predicted octanol–water partition coefficient (Wildman–Crippen LogP) is 1.34. The normalized spacial score (nSPS) is 19.4. The second-order valence-electron chi connectivity index (χ2n) is 6.03. The lowest BCUT2D eigenvalue weighted by Gasteiger charge is -2.32. The first-order valence-electron chi connectivity index (χ1n) is 6.76. The third-order valence-corrected chi connectivity index (χ3v) is 4.05. The summed E-state index contributed by atoms with van der Waals surface area (Å²) < 4.78 is 16.3. The summed E-state index contributed by atoms with van der Waals surface area (Å²) in [5.74, 6) is -1.57. The van der Waals surface area contributed by atoms with Crippen LogP contribution in [0.4, 0.5) is 0 Å².